The molecular weight excluding hydrogens is 422 g/mol. The van der Waals surface area contributed by atoms with Gasteiger partial charge in [-0.1, -0.05) is 53.7 Å². The lowest BCUT2D eigenvalue weighted by atomic mass is 9.78. The molecule has 4 rings (SSSR count). The number of aromatic nitrogens is 2. The maximum atomic E-state index is 13.7. The molecule has 0 atom stereocenters. The van der Waals surface area contributed by atoms with E-state index in [-0.39, 0.29) is 16.7 Å². The highest BCUT2D eigenvalue weighted by Gasteiger charge is 2.30. The number of hydrogen-bond acceptors (Lipinski definition) is 3. The molecule has 34 heavy (non-hydrogen) atoms. The van der Waals surface area contributed by atoms with Gasteiger partial charge in [0.1, 0.15) is 5.75 Å². The van der Waals surface area contributed by atoms with Crippen LogP contribution >= 0.6 is 0 Å². The summed E-state index contributed by atoms with van der Waals surface area (Å²) in [6.45, 7) is 15.8. The van der Waals surface area contributed by atoms with Gasteiger partial charge in [-0.05, 0) is 59.1 Å². The zero-order chi connectivity index (χ0) is 25.0. The van der Waals surface area contributed by atoms with Gasteiger partial charge < -0.3 is 10.0 Å². The summed E-state index contributed by atoms with van der Waals surface area (Å²) in [5.74, 6) is 0.321. The number of amides is 1. The van der Waals surface area contributed by atoms with Crippen LogP contribution in [0.4, 0.5) is 0 Å². The molecule has 3 aromatic rings. The van der Waals surface area contributed by atoms with Crippen molar-refractivity contribution in [1.29, 1.82) is 0 Å². The van der Waals surface area contributed by atoms with Gasteiger partial charge in [0.15, 0.2) is 0 Å². The minimum atomic E-state index is -0.272. The van der Waals surface area contributed by atoms with E-state index in [2.05, 4.69) is 71.8 Å². The number of phenols is 1. The summed E-state index contributed by atoms with van der Waals surface area (Å²) in [4.78, 5) is 15.7. The number of hydrogen-bond donors (Lipinski definition) is 1. The molecular formula is C29H37N3O2. The van der Waals surface area contributed by atoms with Crippen LogP contribution in [-0.2, 0) is 30.8 Å². The molecule has 0 bridgehead atoms. The van der Waals surface area contributed by atoms with Crippen LogP contribution in [0.25, 0.3) is 11.1 Å². The number of aryl methyl sites for hydroxylation is 1. The maximum absolute atomic E-state index is 13.7. The summed E-state index contributed by atoms with van der Waals surface area (Å²) < 4.78 is 1.88. The normalized spacial score (nSPS) is 14.3. The highest BCUT2D eigenvalue weighted by molar-refractivity contribution is 5.95. The third-order valence-corrected chi connectivity index (χ3v) is 7.02. The smallest absolute Gasteiger partial charge is 0.254 e. The second kappa shape index (κ2) is 8.30. The molecule has 1 aromatic heterocycles. The van der Waals surface area contributed by atoms with E-state index in [1.165, 1.54) is 11.1 Å². The highest BCUT2D eigenvalue weighted by Crippen LogP contribution is 2.40. The first-order valence-electron chi connectivity index (χ1n) is 12.1. The second-order valence-electron chi connectivity index (χ2n) is 11.6. The lowest BCUT2D eigenvalue weighted by molar-refractivity contribution is 0.0734. The Kier molecular flexibility index (Phi) is 5.87. The van der Waals surface area contributed by atoms with Crippen molar-refractivity contribution in [2.75, 3.05) is 6.54 Å². The molecule has 0 saturated carbocycles. The number of rotatable bonds is 2. The number of carbonyl (C=O) groups excluding carboxylic acids is 1. The molecule has 2 heterocycles. The van der Waals surface area contributed by atoms with Crippen molar-refractivity contribution in [3.05, 3.63) is 70.0 Å². The zero-order valence-corrected chi connectivity index (χ0v) is 21.8. The van der Waals surface area contributed by atoms with Crippen molar-refractivity contribution in [2.24, 2.45) is 7.05 Å². The Balaban J connectivity index is 1.69. The molecule has 2 aromatic carbocycles. The summed E-state index contributed by atoms with van der Waals surface area (Å²) in [6.07, 6.45) is 2.74. The van der Waals surface area contributed by atoms with Crippen molar-refractivity contribution in [3.8, 4) is 16.9 Å². The van der Waals surface area contributed by atoms with Gasteiger partial charge in [0.25, 0.3) is 5.91 Å². The number of carbonyl (C=O) groups is 1. The van der Waals surface area contributed by atoms with E-state index in [0.29, 0.717) is 24.4 Å². The average molecular weight is 460 g/mol. The fraction of sp³-hybridized carbons (Fsp3) is 0.448. The Bertz CT molecular complexity index is 1220. The Morgan fingerprint density at radius 2 is 1.59 bits per heavy atom. The van der Waals surface area contributed by atoms with Gasteiger partial charge in [0.2, 0.25) is 0 Å². The van der Waals surface area contributed by atoms with E-state index in [9.17, 15) is 9.90 Å². The fourth-order valence-electron chi connectivity index (χ4n) is 4.76. The molecule has 5 heteroatoms. The molecule has 0 radical (unpaired) electrons. The van der Waals surface area contributed by atoms with E-state index < -0.39 is 0 Å². The molecule has 5 nitrogen and oxygen atoms in total. The first-order valence-corrected chi connectivity index (χ1v) is 12.1. The molecule has 0 fully saturated rings. The quantitative estimate of drug-likeness (QED) is 0.519. The summed E-state index contributed by atoms with van der Waals surface area (Å²) >= 11 is 0. The molecule has 1 amide bonds. The van der Waals surface area contributed by atoms with E-state index in [1.54, 1.807) is 0 Å². The Hall–Kier alpha value is -3.08. The van der Waals surface area contributed by atoms with Crippen LogP contribution in [0.15, 0.2) is 36.5 Å². The van der Waals surface area contributed by atoms with Gasteiger partial charge in [0, 0.05) is 48.1 Å². The molecule has 0 spiro atoms. The van der Waals surface area contributed by atoms with Gasteiger partial charge in [-0.3, -0.25) is 9.48 Å². The molecule has 1 N–H and O–H groups in total. The van der Waals surface area contributed by atoms with Gasteiger partial charge in [-0.15, -0.1) is 0 Å². The second-order valence-corrected chi connectivity index (χ2v) is 11.6. The lowest BCUT2D eigenvalue weighted by Crippen LogP contribution is -2.36. The number of fused-ring (bicyclic) bond motifs is 1. The highest BCUT2D eigenvalue weighted by atomic mass is 16.3. The minimum absolute atomic E-state index is 0.0182. The number of benzene rings is 2. The molecule has 1 aliphatic rings. The van der Waals surface area contributed by atoms with Crippen molar-refractivity contribution in [1.82, 2.24) is 14.7 Å². The van der Waals surface area contributed by atoms with Crippen LogP contribution in [-0.4, -0.2) is 32.2 Å². The fourth-order valence-corrected chi connectivity index (χ4v) is 4.76. The third kappa shape index (κ3) is 4.36. The van der Waals surface area contributed by atoms with E-state index in [1.807, 2.05) is 35.0 Å². The van der Waals surface area contributed by atoms with Gasteiger partial charge in [-0.2, -0.15) is 5.10 Å². The summed E-state index contributed by atoms with van der Waals surface area (Å²) in [6, 6.07) is 10.3. The molecule has 1 aliphatic heterocycles. The number of phenolic OH excluding ortho intramolecular Hbond substituents is 1. The van der Waals surface area contributed by atoms with Crippen LogP contribution < -0.4 is 0 Å². The third-order valence-electron chi connectivity index (χ3n) is 7.02. The molecule has 0 unspecified atom stereocenters. The van der Waals surface area contributed by atoms with Gasteiger partial charge >= 0.3 is 0 Å². The summed E-state index contributed by atoms with van der Waals surface area (Å²) in [7, 11) is 1.95. The van der Waals surface area contributed by atoms with E-state index in [0.717, 1.165) is 34.4 Å². The Morgan fingerprint density at radius 3 is 2.12 bits per heavy atom. The first-order chi connectivity index (χ1) is 15.8. The average Bonchev–Trinajstić information content (AvgIpc) is 3.09. The topological polar surface area (TPSA) is 58.4 Å². The largest absolute Gasteiger partial charge is 0.507 e. The maximum Gasteiger partial charge on any atom is 0.254 e. The predicted octanol–water partition coefficient (Wildman–Crippen LogP) is 5.89. The summed E-state index contributed by atoms with van der Waals surface area (Å²) in [5, 5.41) is 15.4. The molecule has 0 aliphatic carbocycles. The van der Waals surface area contributed by atoms with E-state index in [4.69, 9.17) is 0 Å². The van der Waals surface area contributed by atoms with Crippen LogP contribution in [0, 0.1) is 6.92 Å². The van der Waals surface area contributed by atoms with Crippen molar-refractivity contribution in [2.45, 2.75) is 72.3 Å². The van der Waals surface area contributed by atoms with Crippen molar-refractivity contribution < 1.29 is 9.90 Å². The van der Waals surface area contributed by atoms with Crippen LogP contribution in [0.2, 0.25) is 0 Å². The Labute approximate surface area is 203 Å². The number of nitrogens with zero attached hydrogens (tertiary/aromatic N) is 3. The van der Waals surface area contributed by atoms with E-state index >= 15 is 0 Å². The van der Waals surface area contributed by atoms with Crippen molar-refractivity contribution >= 4 is 5.91 Å². The Morgan fingerprint density at radius 1 is 0.971 bits per heavy atom. The minimum Gasteiger partial charge on any atom is -0.507 e. The SMILES string of the molecule is Cc1c(-c2ccc3c(c2)CN(C(=O)c2cc(C(C)(C)C)c(O)c(C(C)(C)C)c2)CC3)cnn1C. The summed E-state index contributed by atoms with van der Waals surface area (Å²) in [5.41, 5.74) is 7.59. The van der Waals surface area contributed by atoms with Gasteiger partial charge in [0.05, 0.1) is 6.20 Å². The lowest BCUT2D eigenvalue weighted by Gasteiger charge is -2.32. The van der Waals surface area contributed by atoms with Crippen LogP contribution in [0.5, 0.6) is 5.75 Å². The van der Waals surface area contributed by atoms with Crippen LogP contribution in [0.3, 0.4) is 0 Å². The number of aromatic hydroxyl groups is 1. The molecule has 180 valence electrons. The predicted molar refractivity (Wildman–Crippen MR) is 137 cm³/mol. The monoisotopic (exact) mass is 459 g/mol. The zero-order valence-electron chi connectivity index (χ0n) is 21.8. The standard InChI is InChI=1S/C29H37N3O2/c1-18-23(16-30-31(18)8)20-10-9-19-11-12-32(17-22(19)13-20)27(34)21-14-24(28(2,3)4)26(33)25(15-21)29(5,6)7/h9-10,13-16,33H,11-12,17H2,1-8H3. The van der Waals surface area contributed by atoms with Crippen LogP contribution in [0.1, 0.15) is 79.8 Å². The van der Waals surface area contributed by atoms with Gasteiger partial charge in [-0.25, -0.2) is 0 Å². The molecule has 0 saturated heterocycles. The first kappa shape index (κ1) is 24.1. The van der Waals surface area contributed by atoms with Crippen molar-refractivity contribution in [3.63, 3.8) is 0 Å².